The molecular formula is C19H28N2O5S. The second-order valence-electron chi connectivity index (χ2n) is 7.82. The van der Waals surface area contributed by atoms with Gasteiger partial charge in [0.25, 0.3) is 5.91 Å². The van der Waals surface area contributed by atoms with Crippen LogP contribution in [0.2, 0.25) is 0 Å². The molecule has 1 aliphatic heterocycles. The molecule has 0 saturated carbocycles. The molecule has 0 spiro atoms. The Morgan fingerprint density at radius 2 is 1.78 bits per heavy atom. The van der Waals surface area contributed by atoms with Crippen LogP contribution in [0.4, 0.5) is 0 Å². The third kappa shape index (κ3) is 5.77. The Kier molecular flexibility index (Phi) is 6.64. The zero-order valence-corrected chi connectivity index (χ0v) is 17.2. The van der Waals surface area contributed by atoms with Gasteiger partial charge in [0, 0.05) is 18.6 Å². The van der Waals surface area contributed by atoms with E-state index >= 15 is 0 Å². The van der Waals surface area contributed by atoms with Gasteiger partial charge in [-0.3, -0.25) is 4.79 Å². The van der Waals surface area contributed by atoms with Gasteiger partial charge in [-0.25, -0.2) is 13.2 Å². The molecule has 1 aromatic carbocycles. The first kappa shape index (κ1) is 21.4. The quantitative estimate of drug-likeness (QED) is 0.771. The van der Waals surface area contributed by atoms with Crippen molar-refractivity contribution in [1.82, 2.24) is 9.62 Å². The van der Waals surface area contributed by atoms with Crippen LogP contribution < -0.4 is 5.32 Å². The minimum atomic E-state index is -3.64. The van der Waals surface area contributed by atoms with Gasteiger partial charge in [0.1, 0.15) is 0 Å². The third-order valence-electron chi connectivity index (χ3n) is 4.23. The molecule has 0 aliphatic carbocycles. The van der Waals surface area contributed by atoms with Crippen molar-refractivity contribution >= 4 is 21.9 Å². The van der Waals surface area contributed by atoms with Gasteiger partial charge in [-0.2, -0.15) is 4.31 Å². The molecule has 0 unspecified atom stereocenters. The molecule has 0 atom stereocenters. The Hall–Kier alpha value is -1.93. The van der Waals surface area contributed by atoms with Gasteiger partial charge in [-0.1, -0.05) is 12.5 Å². The van der Waals surface area contributed by atoms with E-state index in [2.05, 4.69) is 5.32 Å². The number of aryl methyl sites for hydroxylation is 1. The molecule has 1 saturated heterocycles. The van der Waals surface area contributed by atoms with Crippen LogP contribution >= 0.6 is 0 Å². The van der Waals surface area contributed by atoms with Crippen LogP contribution in [0.5, 0.6) is 0 Å². The van der Waals surface area contributed by atoms with Gasteiger partial charge in [-0.15, -0.1) is 0 Å². The fourth-order valence-corrected chi connectivity index (χ4v) is 4.44. The monoisotopic (exact) mass is 396 g/mol. The fraction of sp³-hybridized carbons (Fsp3) is 0.579. The Morgan fingerprint density at radius 1 is 1.15 bits per heavy atom. The molecule has 0 radical (unpaired) electrons. The predicted octanol–water partition coefficient (Wildman–Crippen LogP) is 2.24. The number of sulfonamides is 1. The van der Waals surface area contributed by atoms with E-state index in [9.17, 15) is 18.0 Å². The fourth-order valence-electron chi connectivity index (χ4n) is 2.90. The van der Waals surface area contributed by atoms with Gasteiger partial charge < -0.3 is 10.1 Å². The highest BCUT2D eigenvalue weighted by atomic mass is 32.2. The number of esters is 1. The summed E-state index contributed by atoms with van der Waals surface area (Å²) in [7, 11) is -3.64. The second kappa shape index (κ2) is 8.39. The van der Waals surface area contributed by atoms with Crippen LogP contribution in [0, 0.1) is 6.92 Å². The maximum atomic E-state index is 12.8. The summed E-state index contributed by atoms with van der Waals surface area (Å²) in [6, 6.07) is 4.42. The number of rotatable bonds is 5. The number of carbonyl (C=O) groups is 2. The Labute approximate surface area is 161 Å². The number of piperidine rings is 1. The van der Waals surface area contributed by atoms with Crippen LogP contribution in [0.25, 0.3) is 0 Å². The van der Waals surface area contributed by atoms with E-state index in [1.54, 1.807) is 13.0 Å². The number of ether oxygens (including phenoxy) is 1. The van der Waals surface area contributed by atoms with Crippen molar-refractivity contribution < 1.29 is 22.7 Å². The number of amides is 1. The number of carbonyl (C=O) groups excluding carboxylic acids is 2. The molecule has 7 nitrogen and oxygen atoms in total. The summed E-state index contributed by atoms with van der Waals surface area (Å²) in [4.78, 5) is 24.3. The predicted molar refractivity (Wildman–Crippen MR) is 102 cm³/mol. The highest BCUT2D eigenvalue weighted by Crippen LogP contribution is 2.23. The number of nitrogens with zero attached hydrogens (tertiary/aromatic N) is 1. The van der Waals surface area contributed by atoms with Gasteiger partial charge in [-0.05, 0) is 58.2 Å². The average Bonchev–Trinajstić information content (AvgIpc) is 2.59. The van der Waals surface area contributed by atoms with E-state index in [4.69, 9.17) is 4.74 Å². The maximum absolute atomic E-state index is 12.8. The summed E-state index contributed by atoms with van der Waals surface area (Å²) < 4.78 is 32.1. The van der Waals surface area contributed by atoms with Gasteiger partial charge in [0.15, 0.2) is 6.61 Å². The zero-order valence-electron chi connectivity index (χ0n) is 16.4. The number of hydrogen-bond donors (Lipinski definition) is 1. The van der Waals surface area contributed by atoms with E-state index in [-0.39, 0.29) is 10.5 Å². The van der Waals surface area contributed by atoms with Crippen molar-refractivity contribution in [3.05, 3.63) is 29.3 Å². The average molecular weight is 397 g/mol. The molecule has 1 aliphatic rings. The van der Waals surface area contributed by atoms with Gasteiger partial charge in [0.2, 0.25) is 10.0 Å². The van der Waals surface area contributed by atoms with Crippen molar-refractivity contribution in [2.45, 2.75) is 57.4 Å². The lowest BCUT2D eigenvalue weighted by Crippen LogP contribution is -2.42. The molecule has 1 heterocycles. The first-order valence-electron chi connectivity index (χ1n) is 9.10. The molecule has 8 heteroatoms. The van der Waals surface area contributed by atoms with Gasteiger partial charge >= 0.3 is 5.97 Å². The summed E-state index contributed by atoms with van der Waals surface area (Å²) in [5.74, 6) is -1.13. The van der Waals surface area contributed by atoms with Crippen LogP contribution in [-0.2, 0) is 19.6 Å². The lowest BCUT2D eigenvalue weighted by molar-refractivity contribution is -0.125. The normalized spacial score (nSPS) is 16.0. The summed E-state index contributed by atoms with van der Waals surface area (Å²) >= 11 is 0. The molecule has 1 aromatic rings. The van der Waals surface area contributed by atoms with Crippen LogP contribution in [0.15, 0.2) is 23.1 Å². The van der Waals surface area contributed by atoms with E-state index in [1.165, 1.54) is 16.4 Å². The summed E-state index contributed by atoms with van der Waals surface area (Å²) in [5, 5.41) is 2.70. The molecule has 0 aromatic heterocycles. The molecule has 1 fully saturated rings. The highest BCUT2D eigenvalue weighted by molar-refractivity contribution is 7.89. The molecule has 2 rings (SSSR count). The van der Waals surface area contributed by atoms with E-state index in [1.807, 2.05) is 20.8 Å². The maximum Gasteiger partial charge on any atom is 0.338 e. The summed E-state index contributed by atoms with van der Waals surface area (Å²) in [6.07, 6.45) is 2.69. The topological polar surface area (TPSA) is 92.8 Å². The summed E-state index contributed by atoms with van der Waals surface area (Å²) in [5.41, 5.74) is 0.312. The molecule has 150 valence electrons. The van der Waals surface area contributed by atoms with Crippen molar-refractivity contribution in [3.63, 3.8) is 0 Å². The molecule has 1 N–H and O–H groups in total. The van der Waals surface area contributed by atoms with E-state index in [0.29, 0.717) is 18.7 Å². The van der Waals surface area contributed by atoms with Crippen molar-refractivity contribution in [2.75, 3.05) is 19.7 Å². The molecule has 0 bridgehead atoms. The summed E-state index contributed by atoms with van der Waals surface area (Å²) in [6.45, 7) is 7.73. The van der Waals surface area contributed by atoms with E-state index < -0.39 is 34.0 Å². The molecule has 27 heavy (non-hydrogen) atoms. The smallest absolute Gasteiger partial charge is 0.338 e. The number of nitrogens with one attached hydrogen (secondary N) is 1. The molecular weight excluding hydrogens is 368 g/mol. The van der Waals surface area contributed by atoms with Crippen LogP contribution in [0.3, 0.4) is 0 Å². The van der Waals surface area contributed by atoms with Crippen molar-refractivity contribution in [3.8, 4) is 0 Å². The Morgan fingerprint density at radius 3 is 2.37 bits per heavy atom. The molecule has 1 amide bonds. The Bertz CT molecular complexity index is 806. The second-order valence-corrected chi connectivity index (χ2v) is 9.75. The standard InChI is InChI=1S/C19H28N2O5S/c1-14-8-9-15(27(24,25)21-10-6-5-7-11-21)12-16(14)18(23)26-13-17(22)20-19(2,3)4/h8-9,12H,5-7,10-11,13H2,1-4H3,(H,20,22). The highest BCUT2D eigenvalue weighted by Gasteiger charge is 2.27. The van der Waals surface area contributed by atoms with Crippen LogP contribution in [0.1, 0.15) is 56.0 Å². The number of benzene rings is 1. The third-order valence-corrected chi connectivity index (χ3v) is 6.13. The Balaban J connectivity index is 2.14. The van der Waals surface area contributed by atoms with Crippen molar-refractivity contribution in [1.29, 1.82) is 0 Å². The first-order valence-corrected chi connectivity index (χ1v) is 10.5. The van der Waals surface area contributed by atoms with Crippen LogP contribution in [-0.4, -0.2) is 49.8 Å². The largest absolute Gasteiger partial charge is 0.452 e. The minimum absolute atomic E-state index is 0.0705. The first-order chi connectivity index (χ1) is 12.5. The van der Waals surface area contributed by atoms with E-state index in [0.717, 1.165) is 19.3 Å². The lowest BCUT2D eigenvalue weighted by Gasteiger charge is -2.26. The number of hydrogen-bond acceptors (Lipinski definition) is 5. The van der Waals surface area contributed by atoms with Gasteiger partial charge in [0.05, 0.1) is 10.5 Å². The minimum Gasteiger partial charge on any atom is -0.452 e. The lowest BCUT2D eigenvalue weighted by atomic mass is 10.1. The SMILES string of the molecule is Cc1ccc(S(=O)(=O)N2CCCCC2)cc1C(=O)OCC(=O)NC(C)(C)C. The zero-order chi connectivity index (χ0) is 20.2. The van der Waals surface area contributed by atoms with Crippen molar-refractivity contribution in [2.24, 2.45) is 0 Å².